The molecule has 2 fully saturated rings. The third kappa shape index (κ3) is 5.33. The molecule has 3 aromatic heterocycles. The molecule has 1 aromatic carbocycles. The number of rotatable bonds is 6. The molecule has 0 spiro atoms. The summed E-state index contributed by atoms with van der Waals surface area (Å²) in [6.07, 6.45) is 7.69. The van der Waals surface area contributed by atoms with Gasteiger partial charge in [0.25, 0.3) is 5.56 Å². The predicted octanol–water partition coefficient (Wildman–Crippen LogP) is 3.11. The van der Waals surface area contributed by atoms with Crippen LogP contribution in [0, 0.1) is 11.7 Å². The van der Waals surface area contributed by atoms with Gasteiger partial charge in [0.1, 0.15) is 23.6 Å². The number of halogens is 1. The molecule has 2 aliphatic rings. The van der Waals surface area contributed by atoms with Crippen LogP contribution in [0.15, 0.2) is 66.0 Å². The van der Waals surface area contributed by atoms with Crippen molar-refractivity contribution in [2.24, 2.45) is 5.92 Å². The summed E-state index contributed by atoms with van der Waals surface area (Å²) < 4.78 is 22.0. The number of fused-ring (bicyclic) bond motifs is 1. The number of aliphatic hydroxyl groups is 1. The van der Waals surface area contributed by atoms with Crippen LogP contribution in [0.1, 0.15) is 38.5 Å². The van der Waals surface area contributed by atoms with E-state index < -0.39 is 11.4 Å². The average Bonchev–Trinajstić information content (AvgIpc) is 3.42. The Bertz CT molecular complexity index is 1540. The number of nitrogens with zero attached hydrogens (tertiary/aromatic N) is 6. The summed E-state index contributed by atoms with van der Waals surface area (Å²) in [7, 11) is 0. The van der Waals surface area contributed by atoms with Crippen LogP contribution in [-0.2, 0) is 11.3 Å². The molecule has 1 saturated carbocycles. The molecule has 4 aromatic rings. The van der Waals surface area contributed by atoms with Crippen LogP contribution < -0.4 is 10.3 Å². The number of hydrogen-bond acceptors (Lipinski definition) is 7. The first kappa shape index (κ1) is 26.1. The number of aromatic nitrogens is 5. The number of carbonyl (C=O) groups is 1. The fraction of sp³-hybridized carbons (Fsp3) is 0.414. The highest BCUT2D eigenvalue weighted by atomic mass is 19.1. The van der Waals surface area contributed by atoms with Gasteiger partial charge >= 0.3 is 0 Å². The molecule has 1 saturated heterocycles. The summed E-state index contributed by atoms with van der Waals surface area (Å²) in [6, 6.07) is 12.3. The average molecular weight is 547 g/mol. The van der Waals surface area contributed by atoms with E-state index in [1.807, 2.05) is 35.2 Å². The fourth-order valence-electron chi connectivity index (χ4n) is 5.73. The van der Waals surface area contributed by atoms with Crippen molar-refractivity contribution < 1.29 is 19.0 Å². The lowest BCUT2D eigenvalue weighted by Gasteiger charge is -2.40. The Morgan fingerprint density at radius 2 is 1.77 bits per heavy atom. The predicted molar refractivity (Wildman–Crippen MR) is 144 cm³/mol. The van der Waals surface area contributed by atoms with E-state index in [0.717, 1.165) is 24.7 Å². The van der Waals surface area contributed by atoms with Crippen LogP contribution in [0.25, 0.3) is 16.7 Å². The highest BCUT2D eigenvalue weighted by molar-refractivity contribution is 5.79. The van der Waals surface area contributed by atoms with Crippen LogP contribution in [0.5, 0.6) is 5.88 Å². The van der Waals surface area contributed by atoms with Gasteiger partial charge in [0.05, 0.1) is 30.2 Å². The lowest BCUT2D eigenvalue weighted by molar-refractivity contribution is -0.141. The molecule has 1 aliphatic carbocycles. The molecular weight excluding hydrogens is 515 g/mol. The molecule has 0 atom stereocenters. The maximum absolute atomic E-state index is 13.2. The first-order chi connectivity index (χ1) is 19.4. The second-order valence-electron chi connectivity index (χ2n) is 10.8. The Morgan fingerprint density at radius 1 is 1.02 bits per heavy atom. The molecule has 10 nitrogen and oxygen atoms in total. The number of ether oxygens (including phenoxy) is 1. The summed E-state index contributed by atoms with van der Waals surface area (Å²) in [5.74, 6) is 0.0114. The first-order valence-electron chi connectivity index (χ1n) is 13.7. The fourth-order valence-corrected chi connectivity index (χ4v) is 5.73. The number of likely N-dealkylation sites (tertiary alicyclic amines) is 1. The van der Waals surface area contributed by atoms with Crippen molar-refractivity contribution in [3.05, 3.63) is 77.4 Å². The van der Waals surface area contributed by atoms with Crippen LogP contribution in [-0.4, -0.2) is 65.0 Å². The van der Waals surface area contributed by atoms with Gasteiger partial charge in [0, 0.05) is 25.1 Å². The first-order valence-corrected chi connectivity index (χ1v) is 13.7. The minimum Gasteiger partial charge on any atom is -0.474 e. The van der Waals surface area contributed by atoms with Gasteiger partial charge in [-0.05, 0) is 56.7 Å². The minimum absolute atomic E-state index is 0.0440. The standard InChI is InChI=1S/C29H31FN6O4/c30-21-8-11-25(31-16-21)40-23-9-6-20(7-10-23)27(37)34-14-12-29(39,13-15-34)18-35-19-32-26-24(28(35)38)17-33-36(26)22-4-2-1-3-5-22/h1-5,8,11,16-17,19-20,23,39H,6-7,9-10,12-15,18H2/t20-,23-. The maximum Gasteiger partial charge on any atom is 0.264 e. The van der Waals surface area contributed by atoms with E-state index in [1.54, 1.807) is 4.68 Å². The van der Waals surface area contributed by atoms with Crippen molar-refractivity contribution in [2.75, 3.05) is 13.1 Å². The second kappa shape index (κ2) is 10.8. The number of carbonyl (C=O) groups excluding carboxylic acids is 1. The molecule has 4 heterocycles. The quantitative estimate of drug-likeness (QED) is 0.395. The number of para-hydroxylation sites is 1. The van der Waals surface area contributed by atoms with Gasteiger partial charge < -0.3 is 14.7 Å². The Labute approximate surface area is 230 Å². The Kier molecular flexibility index (Phi) is 7.05. The molecule has 6 rings (SSSR count). The van der Waals surface area contributed by atoms with Gasteiger partial charge in [0.2, 0.25) is 11.8 Å². The van der Waals surface area contributed by atoms with E-state index in [2.05, 4.69) is 15.1 Å². The lowest BCUT2D eigenvalue weighted by Crippen LogP contribution is -2.51. The van der Waals surface area contributed by atoms with Gasteiger partial charge in [0.15, 0.2) is 5.65 Å². The summed E-state index contributed by atoms with van der Waals surface area (Å²) in [4.78, 5) is 36.7. The highest BCUT2D eigenvalue weighted by Crippen LogP contribution is 2.31. The SMILES string of the molecule is O=c1c2cnn(-c3ccccc3)c2ncn1CC1(O)CCN(C(=O)[C@H]2CC[C@H](Oc3ccc(F)cn3)CC2)CC1. The number of benzene rings is 1. The van der Waals surface area contributed by atoms with Gasteiger partial charge in [-0.15, -0.1) is 0 Å². The summed E-state index contributed by atoms with van der Waals surface area (Å²) in [6.45, 7) is 0.969. The number of piperidine rings is 1. The highest BCUT2D eigenvalue weighted by Gasteiger charge is 2.37. The van der Waals surface area contributed by atoms with Gasteiger partial charge in [-0.25, -0.2) is 19.0 Å². The van der Waals surface area contributed by atoms with Crippen molar-refractivity contribution in [1.29, 1.82) is 0 Å². The third-order valence-corrected chi connectivity index (χ3v) is 8.04. The molecule has 0 unspecified atom stereocenters. The monoisotopic (exact) mass is 546 g/mol. The Balaban J connectivity index is 1.04. The van der Waals surface area contributed by atoms with Crippen molar-refractivity contribution in [2.45, 2.75) is 56.8 Å². The van der Waals surface area contributed by atoms with E-state index in [-0.39, 0.29) is 30.0 Å². The molecule has 1 aliphatic heterocycles. The third-order valence-electron chi connectivity index (χ3n) is 8.04. The molecule has 208 valence electrons. The number of amides is 1. The van der Waals surface area contributed by atoms with Crippen molar-refractivity contribution >= 4 is 16.9 Å². The van der Waals surface area contributed by atoms with Gasteiger partial charge in [-0.1, -0.05) is 18.2 Å². The zero-order valence-corrected chi connectivity index (χ0v) is 22.0. The van der Waals surface area contributed by atoms with E-state index in [4.69, 9.17) is 4.74 Å². The molecule has 40 heavy (non-hydrogen) atoms. The normalized spacial score (nSPS) is 20.9. The van der Waals surface area contributed by atoms with Crippen LogP contribution >= 0.6 is 0 Å². The van der Waals surface area contributed by atoms with Crippen molar-refractivity contribution in [3.63, 3.8) is 0 Å². The van der Waals surface area contributed by atoms with Crippen LogP contribution in [0.4, 0.5) is 4.39 Å². The molecule has 1 N–H and O–H groups in total. The molecular formula is C29H31FN6O4. The van der Waals surface area contributed by atoms with Gasteiger partial charge in [-0.2, -0.15) is 5.10 Å². The number of hydrogen-bond donors (Lipinski definition) is 1. The maximum atomic E-state index is 13.2. The summed E-state index contributed by atoms with van der Waals surface area (Å²) >= 11 is 0. The summed E-state index contributed by atoms with van der Waals surface area (Å²) in [5.41, 5.74) is -0.0921. The molecule has 1 amide bonds. The van der Waals surface area contributed by atoms with E-state index in [9.17, 15) is 19.1 Å². The van der Waals surface area contributed by atoms with Gasteiger partial charge in [-0.3, -0.25) is 14.2 Å². The zero-order valence-electron chi connectivity index (χ0n) is 22.0. The van der Waals surface area contributed by atoms with Crippen LogP contribution in [0.3, 0.4) is 0 Å². The topological polar surface area (TPSA) is 115 Å². The largest absolute Gasteiger partial charge is 0.474 e. The number of pyridine rings is 1. The van der Waals surface area contributed by atoms with E-state index >= 15 is 0 Å². The van der Waals surface area contributed by atoms with E-state index in [0.29, 0.717) is 55.7 Å². The van der Waals surface area contributed by atoms with Crippen LogP contribution in [0.2, 0.25) is 0 Å². The second-order valence-corrected chi connectivity index (χ2v) is 10.8. The Hall–Kier alpha value is -4.12. The molecule has 11 heteroatoms. The summed E-state index contributed by atoms with van der Waals surface area (Å²) in [5, 5.41) is 16.0. The molecule has 0 bridgehead atoms. The van der Waals surface area contributed by atoms with Crippen molar-refractivity contribution in [1.82, 2.24) is 29.2 Å². The smallest absolute Gasteiger partial charge is 0.264 e. The molecule has 0 radical (unpaired) electrons. The van der Waals surface area contributed by atoms with Crippen molar-refractivity contribution in [3.8, 4) is 11.6 Å². The lowest BCUT2D eigenvalue weighted by atomic mass is 9.85. The Morgan fingerprint density at radius 3 is 2.48 bits per heavy atom. The zero-order chi connectivity index (χ0) is 27.7. The minimum atomic E-state index is -1.11. The van der Waals surface area contributed by atoms with E-state index in [1.165, 1.54) is 29.2 Å².